The fourth-order valence-corrected chi connectivity index (χ4v) is 2.88. The van der Waals surface area contributed by atoms with Crippen LogP contribution in [0.1, 0.15) is 21.6 Å². The van der Waals surface area contributed by atoms with Crippen molar-refractivity contribution in [2.24, 2.45) is 0 Å². The quantitative estimate of drug-likeness (QED) is 0.788. The largest absolute Gasteiger partial charge is 0.332 e. The summed E-state index contributed by atoms with van der Waals surface area (Å²) in [4.78, 5) is 14.6. The second kappa shape index (κ2) is 5.18. The molecule has 3 aromatic rings. The number of benzene rings is 1. The van der Waals surface area contributed by atoms with Gasteiger partial charge in [0.1, 0.15) is 0 Å². The first kappa shape index (κ1) is 12.9. The van der Waals surface area contributed by atoms with E-state index in [1.807, 2.05) is 64.5 Å². The molecule has 1 aliphatic rings. The van der Waals surface area contributed by atoms with Crippen LogP contribution in [0, 0.1) is 0 Å². The molecule has 3 heterocycles. The molecule has 0 atom stereocenters. The van der Waals surface area contributed by atoms with Crippen molar-refractivity contribution < 1.29 is 4.79 Å². The van der Waals surface area contributed by atoms with Crippen molar-refractivity contribution in [1.29, 1.82) is 0 Å². The van der Waals surface area contributed by atoms with Gasteiger partial charge in [-0.2, -0.15) is 5.10 Å². The standard InChI is InChI=1S/C17H16N4O/c22-17(21-9-6-14-11-18-19-16(14)12-21)13-4-3-5-15(10-13)20-7-1-2-8-20/h1-5,7-8,10-11H,6,9,12H2,(H,18,19). The van der Waals surface area contributed by atoms with E-state index >= 15 is 0 Å². The maximum absolute atomic E-state index is 12.7. The lowest BCUT2D eigenvalue weighted by molar-refractivity contribution is 0.0732. The number of carbonyl (C=O) groups is 1. The zero-order valence-corrected chi connectivity index (χ0v) is 12.1. The summed E-state index contributed by atoms with van der Waals surface area (Å²) in [5, 5.41) is 7.03. The fraction of sp³-hybridized carbons (Fsp3) is 0.176. The highest BCUT2D eigenvalue weighted by Crippen LogP contribution is 2.19. The van der Waals surface area contributed by atoms with Crippen LogP contribution < -0.4 is 0 Å². The first-order valence-electron chi connectivity index (χ1n) is 7.35. The SMILES string of the molecule is O=C(c1cccc(-n2cccc2)c1)N1CCc2cn[nH]c2C1. The Morgan fingerprint density at radius 1 is 1.18 bits per heavy atom. The maximum atomic E-state index is 12.7. The highest BCUT2D eigenvalue weighted by atomic mass is 16.2. The van der Waals surface area contributed by atoms with Gasteiger partial charge in [0.25, 0.3) is 5.91 Å². The van der Waals surface area contributed by atoms with E-state index in [1.165, 1.54) is 5.56 Å². The number of aromatic nitrogens is 3. The maximum Gasteiger partial charge on any atom is 0.254 e. The highest BCUT2D eigenvalue weighted by molar-refractivity contribution is 5.94. The number of carbonyl (C=O) groups excluding carboxylic acids is 1. The Morgan fingerprint density at radius 3 is 2.91 bits per heavy atom. The summed E-state index contributed by atoms with van der Waals surface area (Å²) in [7, 11) is 0. The van der Waals surface area contributed by atoms with Gasteiger partial charge < -0.3 is 9.47 Å². The predicted octanol–water partition coefficient (Wildman–Crippen LogP) is 2.40. The molecular weight excluding hydrogens is 276 g/mol. The summed E-state index contributed by atoms with van der Waals surface area (Å²) in [6, 6.07) is 11.7. The van der Waals surface area contributed by atoms with Crippen molar-refractivity contribution >= 4 is 5.91 Å². The minimum absolute atomic E-state index is 0.0641. The Balaban J connectivity index is 1.60. The van der Waals surface area contributed by atoms with Crippen LogP contribution in [0.15, 0.2) is 55.0 Å². The first-order valence-corrected chi connectivity index (χ1v) is 7.35. The van der Waals surface area contributed by atoms with Crippen molar-refractivity contribution in [2.45, 2.75) is 13.0 Å². The molecule has 0 saturated carbocycles. The van der Waals surface area contributed by atoms with E-state index in [0.29, 0.717) is 12.1 Å². The Kier molecular flexibility index (Phi) is 3.04. The number of aromatic amines is 1. The minimum Gasteiger partial charge on any atom is -0.332 e. The Morgan fingerprint density at radius 2 is 2.05 bits per heavy atom. The van der Waals surface area contributed by atoms with Crippen molar-refractivity contribution in [3.63, 3.8) is 0 Å². The second-order valence-electron chi connectivity index (χ2n) is 5.49. The van der Waals surface area contributed by atoms with Crippen LogP contribution in [-0.2, 0) is 13.0 Å². The molecule has 0 aliphatic carbocycles. The Hall–Kier alpha value is -2.82. The zero-order valence-electron chi connectivity index (χ0n) is 12.1. The van der Waals surface area contributed by atoms with E-state index in [1.54, 1.807) is 0 Å². The lowest BCUT2D eigenvalue weighted by Crippen LogP contribution is -2.35. The molecule has 1 aliphatic heterocycles. The summed E-state index contributed by atoms with van der Waals surface area (Å²) in [5.41, 5.74) is 3.97. The van der Waals surface area contributed by atoms with E-state index in [-0.39, 0.29) is 5.91 Å². The monoisotopic (exact) mass is 292 g/mol. The third-order valence-corrected chi connectivity index (χ3v) is 4.09. The molecule has 0 saturated heterocycles. The van der Waals surface area contributed by atoms with Crippen LogP contribution in [0.2, 0.25) is 0 Å². The minimum atomic E-state index is 0.0641. The van der Waals surface area contributed by atoms with Crippen LogP contribution in [0.5, 0.6) is 0 Å². The van der Waals surface area contributed by atoms with Crippen LogP contribution in [0.3, 0.4) is 0 Å². The van der Waals surface area contributed by atoms with Crippen LogP contribution in [-0.4, -0.2) is 32.1 Å². The normalized spacial score (nSPS) is 13.9. The Labute approximate surface area is 128 Å². The molecule has 0 unspecified atom stereocenters. The topological polar surface area (TPSA) is 53.9 Å². The number of hydrogen-bond acceptors (Lipinski definition) is 2. The molecule has 0 fully saturated rings. The van der Waals surface area contributed by atoms with Gasteiger partial charge in [-0.05, 0) is 42.3 Å². The zero-order chi connectivity index (χ0) is 14.9. The Bertz CT molecular complexity index is 804. The number of nitrogens with zero attached hydrogens (tertiary/aromatic N) is 3. The molecule has 1 aromatic carbocycles. The molecule has 2 aromatic heterocycles. The number of fused-ring (bicyclic) bond motifs is 1. The van der Waals surface area contributed by atoms with Gasteiger partial charge in [0.15, 0.2) is 0 Å². The molecule has 1 amide bonds. The lowest BCUT2D eigenvalue weighted by Gasteiger charge is -2.26. The molecule has 0 bridgehead atoms. The molecule has 5 heteroatoms. The molecular formula is C17H16N4O. The summed E-state index contributed by atoms with van der Waals surface area (Å²) in [5.74, 6) is 0.0641. The summed E-state index contributed by atoms with van der Waals surface area (Å²) >= 11 is 0. The predicted molar refractivity (Wildman–Crippen MR) is 82.8 cm³/mol. The van der Waals surface area contributed by atoms with E-state index < -0.39 is 0 Å². The van der Waals surface area contributed by atoms with Gasteiger partial charge >= 0.3 is 0 Å². The number of amides is 1. The van der Waals surface area contributed by atoms with Crippen LogP contribution >= 0.6 is 0 Å². The fourth-order valence-electron chi connectivity index (χ4n) is 2.88. The van der Waals surface area contributed by atoms with E-state index in [2.05, 4.69) is 10.2 Å². The summed E-state index contributed by atoms with van der Waals surface area (Å²) in [6.07, 6.45) is 6.65. The average Bonchev–Trinajstić information content (AvgIpc) is 3.25. The number of H-pyrrole nitrogens is 1. The van der Waals surface area contributed by atoms with Gasteiger partial charge in [-0.3, -0.25) is 9.89 Å². The van der Waals surface area contributed by atoms with Gasteiger partial charge in [0.2, 0.25) is 0 Å². The van der Waals surface area contributed by atoms with Gasteiger partial charge in [-0.1, -0.05) is 6.07 Å². The van der Waals surface area contributed by atoms with Crippen LogP contribution in [0.4, 0.5) is 0 Å². The number of nitrogens with one attached hydrogen (secondary N) is 1. The van der Waals surface area contributed by atoms with Crippen molar-refractivity contribution in [1.82, 2.24) is 19.7 Å². The average molecular weight is 292 g/mol. The smallest absolute Gasteiger partial charge is 0.254 e. The van der Waals surface area contributed by atoms with Gasteiger partial charge in [-0.25, -0.2) is 0 Å². The first-order chi connectivity index (χ1) is 10.8. The summed E-state index contributed by atoms with van der Waals surface area (Å²) < 4.78 is 2.00. The molecule has 110 valence electrons. The van der Waals surface area contributed by atoms with Crippen molar-refractivity contribution in [2.75, 3.05) is 6.54 Å². The van der Waals surface area contributed by atoms with Gasteiger partial charge in [-0.15, -0.1) is 0 Å². The number of rotatable bonds is 2. The van der Waals surface area contributed by atoms with E-state index in [0.717, 1.165) is 24.3 Å². The highest BCUT2D eigenvalue weighted by Gasteiger charge is 2.23. The number of hydrogen-bond donors (Lipinski definition) is 1. The lowest BCUT2D eigenvalue weighted by atomic mass is 10.1. The van der Waals surface area contributed by atoms with Crippen molar-refractivity contribution in [3.05, 3.63) is 71.8 Å². The molecule has 0 spiro atoms. The third-order valence-electron chi connectivity index (χ3n) is 4.09. The van der Waals surface area contributed by atoms with Crippen molar-refractivity contribution in [3.8, 4) is 5.69 Å². The van der Waals surface area contributed by atoms with Crippen LogP contribution in [0.25, 0.3) is 5.69 Å². The molecule has 5 nitrogen and oxygen atoms in total. The molecule has 1 N–H and O–H groups in total. The molecule has 0 radical (unpaired) electrons. The third kappa shape index (κ3) is 2.20. The molecule has 22 heavy (non-hydrogen) atoms. The van der Waals surface area contributed by atoms with E-state index in [4.69, 9.17) is 0 Å². The van der Waals surface area contributed by atoms with Gasteiger partial charge in [0.05, 0.1) is 18.4 Å². The van der Waals surface area contributed by atoms with Gasteiger partial charge in [0, 0.05) is 30.2 Å². The molecule has 4 rings (SSSR count). The van der Waals surface area contributed by atoms with E-state index in [9.17, 15) is 4.79 Å². The second-order valence-corrected chi connectivity index (χ2v) is 5.49. The summed E-state index contributed by atoms with van der Waals surface area (Å²) in [6.45, 7) is 1.33.